The van der Waals surface area contributed by atoms with Crippen LogP contribution in [-0.2, 0) is 18.3 Å². The van der Waals surface area contributed by atoms with Crippen LogP contribution in [0, 0.1) is 11.3 Å². The van der Waals surface area contributed by atoms with Crippen molar-refractivity contribution >= 4 is 39.0 Å². The average Bonchev–Trinajstić information content (AvgIpc) is 3.90. The summed E-state index contributed by atoms with van der Waals surface area (Å²) in [5.74, 6) is 2.45. The van der Waals surface area contributed by atoms with Crippen LogP contribution in [-0.4, -0.2) is 66.0 Å². The molecule has 254 valence electrons. The maximum atomic E-state index is 10.2. The first-order valence-corrected chi connectivity index (χ1v) is 18.2. The summed E-state index contributed by atoms with van der Waals surface area (Å²) in [4.78, 5) is 25.2. The predicted molar refractivity (Wildman–Crippen MR) is 189 cm³/mol. The van der Waals surface area contributed by atoms with E-state index in [1.54, 1.807) is 23.7 Å². The second-order valence-electron chi connectivity index (χ2n) is 13.8. The predicted octanol–water partition coefficient (Wildman–Crippen LogP) is 5.57. The Kier molecular flexibility index (Phi) is 7.79. The van der Waals surface area contributed by atoms with E-state index in [1.165, 1.54) is 4.88 Å². The molecule has 0 aromatic carbocycles. The lowest BCUT2D eigenvalue weighted by Gasteiger charge is -2.39. The average molecular weight is 679 g/mol. The molecule has 4 N–H and O–H groups in total. The number of thiophene rings is 1. The molecule has 1 aliphatic heterocycles. The quantitative estimate of drug-likeness (QED) is 0.219. The third-order valence-electron chi connectivity index (χ3n) is 11.3. The lowest BCUT2D eigenvalue weighted by atomic mass is 9.63. The number of hydrogen-bond donors (Lipinski definition) is 2. The van der Waals surface area contributed by atoms with E-state index in [9.17, 15) is 5.26 Å². The van der Waals surface area contributed by atoms with Crippen LogP contribution >= 0.6 is 11.3 Å². The Morgan fingerprint density at radius 1 is 1.14 bits per heavy atom. The number of aryl methyl sites for hydroxylation is 1. The van der Waals surface area contributed by atoms with E-state index in [-0.39, 0.29) is 12.1 Å². The summed E-state index contributed by atoms with van der Waals surface area (Å²) in [6.45, 7) is 8.09. The molecule has 13 nitrogen and oxygen atoms in total. The normalized spacial score (nSPS) is 21.8. The Morgan fingerprint density at radius 2 is 1.94 bits per heavy atom. The first-order valence-electron chi connectivity index (χ1n) is 17.4. The number of likely N-dealkylation sites (tertiary alicyclic amines) is 1. The molecule has 4 unspecified atom stereocenters. The van der Waals surface area contributed by atoms with Gasteiger partial charge in [0.15, 0.2) is 22.9 Å². The number of nitrogens with two attached hydrogens (primary N) is 2. The number of hydrogen-bond acceptors (Lipinski definition) is 13. The second-order valence-corrected chi connectivity index (χ2v) is 14.9. The minimum Gasteiger partial charge on any atom is -0.389 e. The highest BCUT2D eigenvalue weighted by Gasteiger charge is 2.49. The zero-order valence-corrected chi connectivity index (χ0v) is 29.3. The van der Waals surface area contributed by atoms with Crippen molar-refractivity contribution in [3.8, 4) is 17.6 Å². The number of nitrogens with zero attached hydrogens (tertiary/aromatic N) is 10. The van der Waals surface area contributed by atoms with Crippen LogP contribution in [0.5, 0.6) is 0 Å². The molecule has 2 aliphatic carbocycles. The Labute approximate surface area is 289 Å². The van der Waals surface area contributed by atoms with Crippen LogP contribution in [0.4, 0.5) is 16.6 Å². The van der Waals surface area contributed by atoms with Gasteiger partial charge in [-0.15, -0.1) is 11.3 Å². The number of likely N-dealkylation sites (N-methyl/N-ethyl adjacent to an activating group) is 1. The van der Waals surface area contributed by atoms with Crippen LogP contribution in [0.15, 0.2) is 23.1 Å². The molecule has 14 heteroatoms. The molecular formula is C35H42N12OS. The van der Waals surface area contributed by atoms with Crippen LogP contribution in [0.25, 0.3) is 22.6 Å². The van der Waals surface area contributed by atoms with Crippen molar-refractivity contribution in [3.05, 3.63) is 51.6 Å². The summed E-state index contributed by atoms with van der Waals surface area (Å²) in [6.07, 6.45) is 12.8. The van der Waals surface area contributed by atoms with E-state index in [0.29, 0.717) is 46.2 Å². The van der Waals surface area contributed by atoms with Crippen molar-refractivity contribution in [1.82, 2.24) is 39.8 Å². The molecule has 5 aromatic rings. The highest BCUT2D eigenvalue weighted by molar-refractivity contribution is 7.16. The molecule has 0 amide bonds. The number of nitrogen functional groups attached to an aromatic ring is 2. The van der Waals surface area contributed by atoms with Crippen molar-refractivity contribution in [2.75, 3.05) is 36.5 Å². The van der Waals surface area contributed by atoms with Gasteiger partial charge < -0.3 is 25.8 Å². The molecule has 1 fully saturated rings. The van der Waals surface area contributed by atoms with E-state index >= 15 is 0 Å². The van der Waals surface area contributed by atoms with E-state index in [0.717, 1.165) is 91.6 Å². The van der Waals surface area contributed by atoms with Gasteiger partial charge in [-0.3, -0.25) is 4.98 Å². The number of nitriles is 1. The highest BCUT2D eigenvalue weighted by Crippen LogP contribution is 2.55. The molecule has 1 saturated heterocycles. The van der Waals surface area contributed by atoms with Gasteiger partial charge in [-0.1, -0.05) is 5.16 Å². The van der Waals surface area contributed by atoms with Crippen molar-refractivity contribution in [2.24, 2.45) is 0 Å². The minimum absolute atomic E-state index is 0.0901. The van der Waals surface area contributed by atoms with Gasteiger partial charge in [0, 0.05) is 35.4 Å². The van der Waals surface area contributed by atoms with Crippen LogP contribution in [0.3, 0.4) is 0 Å². The topological polar surface area (TPSA) is 178 Å². The summed E-state index contributed by atoms with van der Waals surface area (Å²) in [5, 5.41) is 21.3. The summed E-state index contributed by atoms with van der Waals surface area (Å²) < 4.78 is 8.43. The van der Waals surface area contributed by atoms with Crippen LogP contribution in [0.1, 0.15) is 104 Å². The molecule has 5 aromatic heterocycles. The first-order chi connectivity index (χ1) is 23.8. The fourth-order valence-corrected chi connectivity index (χ4v) is 10.1. The van der Waals surface area contributed by atoms with E-state index in [2.05, 4.69) is 58.3 Å². The number of aromatic nitrogens is 7. The monoisotopic (exact) mass is 678 g/mol. The van der Waals surface area contributed by atoms with Crippen molar-refractivity contribution < 1.29 is 4.52 Å². The van der Waals surface area contributed by atoms with E-state index in [1.807, 2.05) is 6.20 Å². The molecule has 0 radical (unpaired) electrons. The Balaban J connectivity index is 1.31. The molecular weight excluding hydrogens is 637 g/mol. The highest BCUT2D eigenvalue weighted by atomic mass is 32.1. The van der Waals surface area contributed by atoms with Crippen LogP contribution < -0.4 is 16.4 Å². The third-order valence-corrected chi connectivity index (χ3v) is 12.3. The Bertz CT molecular complexity index is 2090. The smallest absolute Gasteiger partial charge is 0.186 e. The maximum Gasteiger partial charge on any atom is 0.186 e. The van der Waals surface area contributed by atoms with Crippen molar-refractivity contribution in [1.29, 1.82) is 5.26 Å². The number of fused-ring (bicyclic) bond motifs is 5. The zero-order chi connectivity index (χ0) is 34.0. The van der Waals surface area contributed by atoms with Gasteiger partial charge in [-0.2, -0.15) is 10.4 Å². The molecule has 8 rings (SSSR count). The second kappa shape index (κ2) is 12.1. The van der Waals surface area contributed by atoms with Crippen molar-refractivity contribution in [2.45, 2.75) is 95.7 Å². The largest absolute Gasteiger partial charge is 0.389 e. The van der Waals surface area contributed by atoms with E-state index in [4.69, 9.17) is 36.2 Å². The third kappa shape index (κ3) is 4.80. The van der Waals surface area contributed by atoms with Crippen molar-refractivity contribution in [3.63, 3.8) is 0 Å². The molecule has 1 spiro atoms. The Hall–Kier alpha value is -4.61. The number of rotatable bonds is 7. The van der Waals surface area contributed by atoms with Crippen LogP contribution in [0.2, 0.25) is 0 Å². The standard InChI is InChI=1S/C35H42N12OS/c1-5-46(20(3)27-30(37)40-15-14-39-27)33-23-18-41-47(19(2)24-10-8-16-45(24)4)34(23)43-32(42-33)28-21-9-6-12-35(29(21)48-44-28)13-7-11-25-26(35)22(17-36)31(38)49-25/h14-15,18-20,24H,5-13,16,38H2,1-4H3,(H2,37,40). The van der Waals surface area contributed by atoms with Gasteiger partial charge in [-0.05, 0) is 91.3 Å². The summed E-state index contributed by atoms with van der Waals surface area (Å²) in [7, 11) is 2.19. The first kappa shape index (κ1) is 31.6. The molecule has 0 saturated carbocycles. The molecule has 0 bridgehead atoms. The van der Waals surface area contributed by atoms with Gasteiger partial charge in [0.25, 0.3) is 0 Å². The van der Waals surface area contributed by atoms with E-state index < -0.39 is 5.41 Å². The fourth-order valence-electron chi connectivity index (χ4n) is 8.90. The molecule has 49 heavy (non-hydrogen) atoms. The minimum atomic E-state index is -0.435. The maximum absolute atomic E-state index is 10.2. The molecule has 3 aliphatic rings. The van der Waals surface area contributed by atoms with Gasteiger partial charge in [0.05, 0.1) is 34.6 Å². The van der Waals surface area contributed by atoms with Gasteiger partial charge in [-0.25, -0.2) is 19.6 Å². The molecule has 4 atom stereocenters. The summed E-state index contributed by atoms with van der Waals surface area (Å²) in [5.41, 5.74) is 17.0. The lowest BCUT2D eigenvalue weighted by molar-refractivity contribution is 0.232. The number of anilines is 3. The SMILES string of the molecule is CCN(c1nc(-c2noc3c2CCCC32CCCc3sc(N)c(C#N)c32)nc2c1cnn2C(C)C1CCCN1C)C(C)c1nccnc1N. The lowest BCUT2D eigenvalue weighted by Crippen LogP contribution is -2.35. The van der Waals surface area contributed by atoms with Gasteiger partial charge in [0.1, 0.15) is 28.4 Å². The van der Waals surface area contributed by atoms with Gasteiger partial charge in [0.2, 0.25) is 0 Å². The Morgan fingerprint density at radius 3 is 2.67 bits per heavy atom. The van der Waals surface area contributed by atoms with Gasteiger partial charge >= 0.3 is 0 Å². The fraction of sp³-hybridized carbons (Fsp3) is 0.514. The molecule has 6 heterocycles. The summed E-state index contributed by atoms with van der Waals surface area (Å²) >= 11 is 1.54. The zero-order valence-electron chi connectivity index (χ0n) is 28.5. The summed E-state index contributed by atoms with van der Waals surface area (Å²) in [6, 6.07) is 2.63.